The molecule has 2 fully saturated rings. The summed E-state index contributed by atoms with van der Waals surface area (Å²) >= 11 is 0. The van der Waals surface area contributed by atoms with Crippen molar-refractivity contribution in [1.82, 2.24) is 0 Å². The van der Waals surface area contributed by atoms with Gasteiger partial charge >= 0.3 is 0 Å². The molecule has 2 saturated carbocycles. The molecule has 0 aromatic heterocycles. The van der Waals surface area contributed by atoms with Crippen LogP contribution in [0.2, 0.25) is 0 Å². The Bertz CT molecular complexity index is 408. The quantitative estimate of drug-likeness (QED) is 0.584. The summed E-state index contributed by atoms with van der Waals surface area (Å²) in [6.45, 7) is 4.55. The first-order chi connectivity index (χ1) is 10.1. The highest BCUT2D eigenvalue weighted by molar-refractivity contribution is 5.34. The van der Waals surface area contributed by atoms with Crippen molar-refractivity contribution in [3.05, 3.63) is 0 Å². The van der Waals surface area contributed by atoms with E-state index < -0.39 is 0 Å². The molecule has 0 radical (unpaired) electrons. The van der Waals surface area contributed by atoms with E-state index in [2.05, 4.69) is 23.8 Å². The van der Waals surface area contributed by atoms with Crippen LogP contribution in [0.15, 0.2) is 9.98 Å². The number of rotatable bonds is 4. The van der Waals surface area contributed by atoms with Crippen molar-refractivity contribution in [3.63, 3.8) is 0 Å². The average molecular weight is 290 g/mol. The molecule has 0 amide bonds. The van der Waals surface area contributed by atoms with Gasteiger partial charge in [-0.25, -0.2) is 19.6 Å². The molecule has 4 unspecified atom stereocenters. The van der Waals surface area contributed by atoms with Crippen LogP contribution in [0, 0.1) is 17.3 Å². The summed E-state index contributed by atoms with van der Waals surface area (Å²) in [6, 6.07) is 0.183. The Hall–Kier alpha value is -1.24. The molecule has 0 aromatic carbocycles. The van der Waals surface area contributed by atoms with Gasteiger partial charge in [0.1, 0.15) is 0 Å². The molecular formula is C17H26N2O2. The molecule has 2 rings (SSSR count). The van der Waals surface area contributed by atoms with Crippen LogP contribution in [0.3, 0.4) is 0 Å². The molecule has 2 aliphatic carbocycles. The second kappa shape index (κ2) is 7.15. The minimum Gasteiger partial charge on any atom is -0.211 e. The van der Waals surface area contributed by atoms with Gasteiger partial charge in [0.25, 0.3) is 0 Å². The highest BCUT2D eigenvalue weighted by Crippen LogP contribution is 2.49. The number of nitrogens with zero attached hydrogens (tertiary/aromatic N) is 2. The molecule has 4 atom stereocenters. The number of hydrogen-bond acceptors (Lipinski definition) is 4. The maximum Gasteiger partial charge on any atom is 0.235 e. The zero-order chi connectivity index (χ0) is 15.3. The molecule has 4 heteroatoms. The Morgan fingerprint density at radius 3 is 1.52 bits per heavy atom. The lowest BCUT2D eigenvalue weighted by Crippen LogP contribution is -2.45. The van der Waals surface area contributed by atoms with Crippen LogP contribution in [-0.4, -0.2) is 24.2 Å². The molecule has 0 spiro atoms. The van der Waals surface area contributed by atoms with Gasteiger partial charge in [0.15, 0.2) is 0 Å². The highest BCUT2D eigenvalue weighted by atomic mass is 16.1. The van der Waals surface area contributed by atoms with Gasteiger partial charge in [-0.1, -0.05) is 39.5 Å². The lowest BCUT2D eigenvalue weighted by atomic mass is 9.58. The van der Waals surface area contributed by atoms with E-state index in [1.54, 1.807) is 12.2 Å². The molecule has 0 bridgehead atoms. The third-order valence-corrected chi connectivity index (χ3v) is 5.81. The van der Waals surface area contributed by atoms with Gasteiger partial charge in [-0.15, -0.1) is 0 Å². The number of isocyanates is 2. The summed E-state index contributed by atoms with van der Waals surface area (Å²) in [5.74, 6) is 0.778. The minimum absolute atomic E-state index is 0.0386. The van der Waals surface area contributed by atoms with Crippen LogP contribution in [0.4, 0.5) is 0 Å². The van der Waals surface area contributed by atoms with E-state index in [4.69, 9.17) is 0 Å². The van der Waals surface area contributed by atoms with Crippen LogP contribution in [0.5, 0.6) is 0 Å². The summed E-state index contributed by atoms with van der Waals surface area (Å²) in [4.78, 5) is 29.6. The Balaban J connectivity index is 2.24. The molecule has 0 N–H and O–H groups in total. The maximum absolute atomic E-state index is 10.7. The first-order valence-corrected chi connectivity index (χ1v) is 8.25. The summed E-state index contributed by atoms with van der Waals surface area (Å²) in [5, 5.41) is 0. The third kappa shape index (κ3) is 3.51. The van der Waals surface area contributed by atoms with Gasteiger partial charge in [0.05, 0.1) is 12.1 Å². The van der Waals surface area contributed by atoms with Crippen LogP contribution in [-0.2, 0) is 9.59 Å². The molecule has 4 nitrogen and oxygen atoms in total. The Morgan fingerprint density at radius 2 is 1.14 bits per heavy atom. The minimum atomic E-state index is 0.0386. The monoisotopic (exact) mass is 290 g/mol. The second-order valence-electron chi connectivity index (χ2n) is 7.18. The van der Waals surface area contributed by atoms with E-state index >= 15 is 0 Å². The lowest BCUT2D eigenvalue weighted by molar-refractivity contribution is 0.0357. The number of aliphatic imine (C=N–C) groups is 2. The molecule has 0 heterocycles. The van der Waals surface area contributed by atoms with E-state index in [1.165, 1.54) is 12.8 Å². The predicted molar refractivity (Wildman–Crippen MR) is 81.5 cm³/mol. The standard InChI is InChI=1S/C17H26N2O2/c1-17(2,13-7-3-5-9-15(13)18-11-20)14-8-4-6-10-16(14)19-12-21/h13-16H,3-10H2,1-2H3. The smallest absolute Gasteiger partial charge is 0.211 e. The molecular weight excluding hydrogens is 264 g/mol. The van der Waals surface area contributed by atoms with Gasteiger partial charge in [-0.3, -0.25) is 0 Å². The van der Waals surface area contributed by atoms with Crippen molar-refractivity contribution in [1.29, 1.82) is 0 Å². The van der Waals surface area contributed by atoms with E-state index in [-0.39, 0.29) is 17.5 Å². The summed E-state index contributed by atoms with van der Waals surface area (Å²) < 4.78 is 0. The van der Waals surface area contributed by atoms with Gasteiger partial charge in [0.2, 0.25) is 12.2 Å². The van der Waals surface area contributed by atoms with Gasteiger partial charge in [-0.05, 0) is 42.9 Å². The van der Waals surface area contributed by atoms with Crippen molar-refractivity contribution < 1.29 is 9.59 Å². The molecule has 2 aliphatic rings. The largest absolute Gasteiger partial charge is 0.235 e. The second-order valence-corrected chi connectivity index (χ2v) is 7.18. The maximum atomic E-state index is 10.7. The van der Waals surface area contributed by atoms with Gasteiger partial charge in [0, 0.05) is 0 Å². The molecule has 0 aromatic rings. The number of hydrogen-bond donors (Lipinski definition) is 0. The fraction of sp³-hybridized carbons (Fsp3) is 0.882. The van der Waals surface area contributed by atoms with Crippen LogP contribution in [0.1, 0.15) is 65.2 Å². The van der Waals surface area contributed by atoms with Gasteiger partial charge < -0.3 is 0 Å². The fourth-order valence-corrected chi connectivity index (χ4v) is 4.68. The van der Waals surface area contributed by atoms with E-state index in [0.29, 0.717) is 11.8 Å². The summed E-state index contributed by atoms with van der Waals surface area (Å²) in [5.41, 5.74) is 0.0386. The Kier molecular flexibility index (Phi) is 5.50. The normalized spacial score (nSPS) is 33.6. The van der Waals surface area contributed by atoms with Crippen molar-refractivity contribution in [3.8, 4) is 0 Å². The predicted octanol–water partition coefficient (Wildman–Crippen LogP) is 3.80. The number of carbonyl (C=O) groups excluding carboxylic acids is 2. The first-order valence-electron chi connectivity index (χ1n) is 8.25. The zero-order valence-corrected chi connectivity index (χ0v) is 13.2. The fourth-order valence-electron chi connectivity index (χ4n) is 4.68. The van der Waals surface area contributed by atoms with Crippen molar-refractivity contribution >= 4 is 12.2 Å². The average Bonchev–Trinajstić information content (AvgIpc) is 2.49. The van der Waals surface area contributed by atoms with Crippen molar-refractivity contribution in [2.45, 2.75) is 77.3 Å². The molecule has 0 saturated heterocycles. The first kappa shape index (κ1) is 16.1. The van der Waals surface area contributed by atoms with E-state index in [1.807, 2.05) is 0 Å². The summed E-state index contributed by atoms with van der Waals surface area (Å²) in [7, 11) is 0. The van der Waals surface area contributed by atoms with Crippen LogP contribution < -0.4 is 0 Å². The summed E-state index contributed by atoms with van der Waals surface area (Å²) in [6.07, 6.45) is 12.4. The Labute approximate surface area is 127 Å². The van der Waals surface area contributed by atoms with E-state index in [0.717, 1.165) is 38.5 Å². The lowest BCUT2D eigenvalue weighted by Gasteiger charge is -2.48. The molecule has 116 valence electrons. The third-order valence-electron chi connectivity index (χ3n) is 5.81. The zero-order valence-electron chi connectivity index (χ0n) is 13.2. The van der Waals surface area contributed by atoms with Crippen LogP contribution in [0.25, 0.3) is 0 Å². The van der Waals surface area contributed by atoms with Crippen molar-refractivity contribution in [2.75, 3.05) is 0 Å². The molecule has 0 aliphatic heterocycles. The SMILES string of the molecule is CC(C)(C1CCCCC1N=C=O)C1CCCCC1N=C=O. The van der Waals surface area contributed by atoms with E-state index in [9.17, 15) is 9.59 Å². The molecule has 21 heavy (non-hydrogen) atoms. The Morgan fingerprint density at radius 1 is 0.762 bits per heavy atom. The van der Waals surface area contributed by atoms with Crippen molar-refractivity contribution in [2.24, 2.45) is 27.2 Å². The highest BCUT2D eigenvalue weighted by Gasteiger charge is 2.45. The van der Waals surface area contributed by atoms with Crippen LogP contribution >= 0.6 is 0 Å². The van der Waals surface area contributed by atoms with Gasteiger partial charge in [-0.2, -0.15) is 0 Å². The topological polar surface area (TPSA) is 58.9 Å².